The lowest BCUT2D eigenvalue weighted by Gasteiger charge is -2.17. The molecule has 1 heterocycles. The topological polar surface area (TPSA) is 79.4 Å². The molecule has 0 aliphatic rings. The van der Waals surface area contributed by atoms with Gasteiger partial charge in [-0.2, -0.15) is 0 Å². The Morgan fingerprint density at radius 2 is 2.12 bits per heavy atom. The van der Waals surface area contributed by atoms with Gasteiger partial charge in [-0.25, -0.2) is 8.78 Å². The van der Waals surface area contributed by atoms with Gasteiger partial charge in [-0.1, -0.05) is 0 Å². The monoisotopic (exact) mass is 232 g/mol. The van der Waals surface area contributed by atoms with Crippen molar-refractivity contribution in [1.82, 2.24) is 4.98 Å². The van der Waals surface area contributed by atoms with E-state index in [0.29, 0.717) is 5.69 Å². The number of hydrogen-bond donors (Lipinski definition) is 3. The molecule has 0 saturated carbocycles. The van der Waals surface area contributed by atoms with Crippen molar-refractivity contribution in [3.05, 3.63) is 23.0 Å². The van der Waals surface area contributed by atoms with Crippen LogP contribution in [0.5, 0.6) is 5.75 Å². The molecule has 0 aromatic carbocycles. The van der Waals surface area contributed by atoms with Crippen LogP contribution < -0.4 is 5.73 Å². The molecule has 4 N–H and O–H groups in total. The molecule has 6 heteroatoms. The number of halogens is 2. The van der Waals surface area contributed by atoms with Gasteiger partial charge in [0.15, 0.2) is 0 Å². The molecule has 0 radical (unpaired) electrons. The van der Waals surface area contributed by atoms with Crippen molar-refractivity contribution in [1.29, 1.82) is 0 Å². The average molecular weight is 232 g/mol. The van der Waals surface area contributed by atoms with Crippen LogP contribution in [0, 0.1) is 6.92 Å². The number of alkyl halides is 2. The summed E-state index contributed by atoms with van der Waals surface area (Å²) in [5.41, 5.74) is 6.29. The molecule has 1 atom stereocenters. The van der Waals surface area contributed by atoms with E-state index in [-0.39, 0.29) is 16.9 Å². The summed E-state index contributed by atoms with van der Waals surface area (Å²) in [6.45, 7) is 1.14. The quantitative estimate of drug-likeness (QED) is 0.729. The van der Waals surface area contributed by atoms with Crippen LogP contribution in [-0.4, -0.2) is 21.6 Å². The van der Waals surface area contributed by atoms with Crippen LogP contribution in [0.15, 0.2) is 6.20 Å². The number of aryl methyl sites for hydroxylation is 1. The lowest BCUT2D eigenvalue weighted by molar-refractivity contribution is 0.127. The summed E-state index contributed by atoms with van der Waals surface area (Å²) in [6, 6.07) is -1.01. The summed E-state index contributed by atoms with van der Waals surface area (Å²) >= 11 is 0. The number of aromatic nitrogens is 1. The first-order valence-electron chi connectivity index (χ1n) is 4.79. The second kappa shape index (κ2) is 5.18. The Labute approximate surface area is 91.7 Å². The first kappa shape index (κ1) is 12.8. The Morgan fingerprint density at radius 3 is 2.62 bits per heavy atom. The molecular formula is C10H14F2N2O2. The van der Waals surface area contributed by atoms with Crippen LogP contribution in [0.1, 0.15) is 29.3 Å². The van der Waals surface area contributed by atoms with Crippen LogP contribution in [0.4, 0.5) is 8.78 Å². The van der Waals surface area contributed by atoms with Gasteiger partial charge in [-0.15, -0.1) is 0 Å². The highest BCUT2D eigenvalue weighted by atomic mass is 19.3. The summed E-state index contributed by atoms with van der Waals surface area (Å²) in [6.07, 6.45) is -1.80. The highest BCUT2D eigenvalue weighted by Crippen LogP contribution is 2.31. The van der Waals surface area contributed by atoms with Crippen molar-refractivity contribution < 1.29 is 19.0 Å². The van der Waals surface area contributed by atoms with Gasteiger partial charge >= 0.3 is 0 Å². The van der Waals surface area contributed by atoms with Crippen LogP contribution in [0.3, 0.4) is 0 Å². The Balaban J connectivity index is 3.13. The smallest absolute Gasteiger partial charge is 0.240 e. The maximum absolute atomic E-state index is 12.2. The second-order valence-corrected chi connectivity index (χ2v) is 3.52. The third-order valence-corrected chi connectivity index (χ3v) is 2.33. The number of hydrogen-bond acceptors (Lipinski definition) is 4. The zero-order valence-corrected chi connectivity index (χ0v) is 8.82. The molecule has 0 amide bonds. The molecule has 0 spiro atoms. The maximum Gasteiger partial charge on any atom is 0.240 e. The molecule has 0 unspecified atom stereocenters. The summed E-state index contributed by atoms with van der Waals surface area (Å²) in [4.78, 5) is 3.82. The number of nitrogens with two attached hydrogens (primary N) is 1. The maximum atomic E-state index is 12.2. The van der Waals surface area contributed by atoms with Crippen LogP contribution >= 0.6 is 0 Å². The number of rotatable bonds is 4. The number of aliphatic hydroxyl groups excluding tert-OH is 1. The molecule has 1 aromatic heterocycles. The fourth-order valence-corrected chi connectivity index (χ4v) is 1.50. The minimum absolute atomic E-state index is 0.148. The summed E-state index contributed by atoms with van der Waals surface area (Å²) < 4.78 is 24.4. The second-order valence-electron chi connectivity index (χ2n) is 3.52. The van der Waals surface area contributed by atoms with Gasteiger partial charge in [0.05, 0.1) is 12.3 Å². The van der Waals surface area contributed by atoms with E-state index in [1.54, 1.807) is 0 Å². The fourth-order valence-electron chi connectivity index (χ4n) is 1.50. The van der Waals surface area contributed by atoms with Crippen molar-refractivity contribution in [2.75, 3.05) is 0 Å². The van der Waals surface area contributed by atoms with Crippen molar-refractivity contribution in [2.24, 2.45) is 5.73 Å². The summed E-state index contributed by atoms with van der Waals surface area (Å²) in [5, 5.41) is 18.7. The molecule has 0 fully saturated rings. The molecule has 0 aliphatic carbocycles. The van der Waals surface area contributed by atoms with E-state index in [0.717, 1.165) is 0 Å². The Kier molecular flexibility index (Phi) is 4.14. The molecular weight excluding hydrogens is 218 g/mol. The Bertz CT molecular complexity index is 372. The minimum Gasteiger partial charge on any atom is -0.506 e. The van der Waals surface area contributed by atoms with E-state index in [1.165, 1.54) is 13.1 Å². The van der Waals surface area contributed by atoms with E-state index in [4.69, 9.17) is 10.8 Å². The van der Waals surface area contributed by atoms with Gasteiger partial charge in [-0.3, -0.25) is 4.98 Å². The number of aromatic hydroxyl groups is 1. The van der Waals surface area contributed by atoms with Crippen LogP contribution in [-0.2, 0) is 6.61 Å². The lowest BCUT2D eigenvalue weighted by atomic mass is 9.99. The summed E-state index contributed by atoms with van der Waals surface area (Å²) in [5.74, 6) is -0.222. The lowest BCUT2D eigenvalue weighted by Crippen LogP contribution is -2.17. The largest absolute Gasteiger partial charge is 0.506 e. The SMILES string of the molecule is Cc1ncc(CO)c([C@H](N)CC(F)F)c1O. The van der Waals surface area contributed by atoms with E-state index in [9.17, 15) is 13.9 Å². The van der Waals surface area contributed by atoms with E-state index < -0.39 is 25.5 Å². The highest BCUT2D eigenvalue weighted by molar-refractivity contribution is 5.42. The third kappa shape index (κ3) is 2.65. The minimum atomic E-state index is -2.56. The van der Waals surface area contributed by atoms with Crippen LogP contribution in [0.2, 0.25) is 0 Å². The number of aliphatic hydroxyl groups is 1. The standard InChI is InChI=1S/C10H14F2N2O2/c1-5-10(16)9(6(4-15)3-14-5)7(13)2-8(11)12/h3,7-8,15-16H,2,4,13H2,1H3/t7-/m1/s1. The van der Waals surface area contributed by atoms with Gasteiger partial charge < -0.3 is 15.9 Å². The molecule has 1 aromatic rings. The molecule has 4 nitrogen and oxygen atoms in total. The van der Waals surface area contributed by atoms with Crippen LogP contribution in [0.25, 0.3) is 0 Å². The Morgan fingerprint density at radius 1 is 1.50 bits per heavy atom. The first-order valence-corrected chi connectivity index (χ1v) is 4.79. The molecule has 16 heavy (non-hydrogen) atoms. The predicted octanol–water partition coefficient (Wildman–Crippen LogP) is 1.24. The predicted molar refractivity (Wildman–Crippen MR) is 54.1 cm³/mol. The van der Waals surface area contributed by atoms with Crippen molar-refractivity contribution >= 4 is 0 Å². The zero-order valence-electron chi connectivity index (χ0n) is 8.82. The number of pyridine rings is 1. The zero-order chi connectivity index (χ0) is 12.3. The first-order chi connectivity index (χ1) is 7.47. The van der Waals surface area contributed by atoms with E-state index in [1.807, 2.05) is 0 Å². The van der Waals surface area contributed by atoms with E-state index in [2.05, 4.69) is 4.98 Å². The van der Waals surface area contributed by atoms with Gasteiger partial charge in [0.2, 0.25) is 6.43 Å². The Hall–Kier alpha value is -1.27. The average Bonchev–Trinajstić information content (AvgIpc) is 2.20. The van der Waals surface area contributed by atoms with E-state index >= 15 is 0 Å². The molecule has 90 valence electrons. The van der Waals surface area contributed by atoms with Gasteiger partial charge in [0.25, 0.3) is 0 Å². The normalized spacial score (nSPS) is 13.1. The van der Waals surface area contributed by atoms with Gasteiger partial charge in [-0.05, 0) is 6.92 Å². The molecule has 0 aliphatic heterocycles. The van der Waals surface area contributed by atoms with Crippen molar-refractivity contribution in [3.63, 3.8) is 0 Å². The third-order valence-electron chi connectivity index (χ3n) is 2.33. The van der Waals surface area contributed by atoms with Crippen molar-refractivity contribution in [3.8, 4) is 5.75 Å². The van der Waals surface area contributed by atoms with Gasteiger partial charge in [0.1, 0.15) is 5.75 Å². The fraction of sp³-hybridized carbons (Fsp3) is 0.500. The highest BCUT2D eigenvalue weighted by Gasteiger charge is 2.21. The molecule has 0 bridgehead atoms. The summed E-state index contributed by atoms with van der Waals surface area (Å²) in [7, 11) is 0. The van der Waals surface area contributed by atoms with Gasteiger partial charge in [0, 0.05) is 29.8 Å². The molecule has 0 saturated heterocycles. The number of nitrogens with zero attached hydrogens (tertiary/aromatic N) is 1. The van der Waals surface area contributed by atoms with Crippen molar-refractivity contribution in [2.45, 2.75) is 32.4 Å². The molecule has 1 rings (SSSR count).